The molecule has 1 aromatic carbocycles. The molecule has 0 aliphatic heterocycles. The normalized spacial score (nSPS) is 11.2. The van der Waals surface area contributed by atoms with Crippen LogP contribution in [0.3, 0.4) is 0 Å². The molecular weight excluding hydrogens is 1090 g/mol. The van der Waals surface area contributed by atoms with Gasteiger partial charge < -0.3 is 64.2 Å². The third-order valence-electron chi connectivity index (χ3n) is 14.2. The number of hydrogen-bond acceptors (Lipinski definition) is 15. The number of unbranched alkanes of at least 4 members (excludes halogenated alkanes) is 4. The number of carbonyl (C=O) groups is 4. The summed E-state index contributed by atoms with van der Waals surface area (Å²) in [5.41, 5.74) is 6.36. The van der Waals surface area contributed by atoms with Gasteiger partial charge in [-0.2, -0.15) is 0 Å². The van der Waals surface area contributed by atoms with Crippen molar-refractivity contribution in [1.29, 1.82) is 0 Å². The number of nitrogen functional groups attached to an aromatic ring is 1. The highest BCUT2D eigenvalue weighted by Crippen LogP contribution is 2.19. The van der Waals surface area contributed by atoms with Crippen LogP contribution in [0, 0.1) is 5.92 Å². The number of ether oxygens (including phenoxy) is 4. The molecule has 85 heavy (non-hydrogen) atoms. The summed E-state index contributed by atoms with van der Waals surface area (Å²) in [6.45, 7) is 11.4. The maximum atomic E-state index is 13.9. The number of nitrogens with zero attached hydrogens (tertiary/aromatic N) is 6. The van der Waals surface area contributed by atoms with Crippen LogP contribution >= 0.6 is 0 Å². The monoisotopic (exact) mass is 1180 g/mol. The van der Waals surface area contributed by atoms with Gasteiger partial charge in [-0.25, -0.2) is 0 Å². The van der Waals surface area contributed by atoms with Gasteiger partial charge in [0.15, 0.2) is 23.0 Å². The van der Waals surface area contributed by atoms with Crippen LogP contribution in [0.2, 0.25) is 0 Å². The van der Waals surface area contributed by atoms with Crippen molar-refractivity contribution in [2.45, 2.75) is 85.5 Å². The highest BCUT2D eigenvalue weighted by molar-refractivity contribution is 5.98. The molecule has 0 unspecified atom stereocenters. The molecule has 0 aliphatic rings. The zero-order valence-electron chi connectivity index (χ0n) is 50.9. The summed E-state index contributed by atoms with van der Waals surface area (Å²) < 4.78 is 28.9. The molecule has 0 fully saturated rings. The summed E-state index contributed by atoms with van der Waals surface area (Å²) in [4.78, 5) is 113. The average Bonchev–Trinajstić information content (AvgIpc) is 3.69. The van der Waals surface area contributed by atoms with Gasteiger partial charge in [0.1, 0.15) is 0 Å². The van der Waals surface area contributed by atoms with Crippen LogP contribution in [0.1, 0.15) is 126 Å². The third-order valence-corrected chi connectivity index (χ3v) is 14.2. The second-order valence-corrected chi connectivity index (χ2v) is 21.1. The van der Waals surface area contributed by atoms with Crippen LogP contribution in [0.25, 0.3) is 0 Å². The Morgan fingerprint density at radius 1 is 0.435 bits per heavy atom. The van der Waals surface area contributed by atoms with Gasteiger partial charge in [0.05, 0.1) is 48.7 Å². The van der Waals surface area contributed by atoms with Crippen molar-refractivity contribution in [2.75, 3.05) is 97.6 Å². The van der Waals surface area contributed by atoms with Gasteiger partial charge in [-0.1, -0.05) is 65.5 Å². The summed E-state index contributed by atoms with van der Waals surface area (Å²) in [6.07, 6.45) is 12.6. The largest absolute Gasteiger partial charge is 0.487 e. The van der Waals surface area contributed by atoms with Crippen LogP contribution in [0.5, 0.6) is 23.0 Å². The summed E-state index contributed by atoms with van der Waals surface area (Å²) >= 11 is 0. The summed E-state index contributed by atoms with van der Waals surface area (Å²) in [5, 5.41) is 11.9. The van der Waals surface area contributed by atoms with Crippen molar-refractivity contribution in [3.63, 3.8) is 0 Å². The molecule has 6 N–H and O–H groups in total. The number of pyridine rings is 4. The molecule has 0 atom stereocenters. The highest BCUT2D eigenvalue weighted by atomic mass is 16.5. The van der Waals surface area contributed by atoms with Crippen molar-refractivity contribution >= 4 is 29.3 Å². The van der Waals surface area contributed by atoms with Gasteiger partial charge in [0, 0.05) is 124 Å². The number of benzene rings is 1. The zero-order valence-corrected chi connectivity index (χ0v) is 50.9. The SMILES string of the molecule is CCCCOc1c(C(=O)NCCN(CCNC(=O)c2ccn(C)c(=O)c2OCCCC)CC(Cc2ccc(N)cc2)CN(CCNC(=O)c2ccn(C)c(=O)c2OCCCC)CCNC(=O)c2ccn(C)c(=O)c2OCCCC)ccn(C)c1=O. The van der Waals surface area contributed by atoms with E-state index < -0.39 is 45.9 Å². The molecule has 4 aromatic heterocycles. The number of aryl methyl sites for hydroxylation is 4. The summed E-state index contributed by atoms with van der Waals surface area (Å²) in [7, 11) is 6.35. The predicted octanol–water partition coefficient (Wildman–Crippen LogP) is 4.26. The maximum absolute atomic E-state index is 13.9. The Balaban J connectivity index is 1.48. The molecule has 4 heterocycles. The van der Waals surface area contributed by atoms with Crippen LogP contribution in [-0.2, 0) is 34.6 Å². The number of rotatable bonds is 38. The minimum absolute atomic E-state index is 0.0390. The van der Waals surface area contributed by atoms with Crippen LogP contribution in [0.15, 0.2) is 92.5 Å². The van der Waals surface area contributed by atoms with E-state index in [9.17, 15) is 38.4 Å². The van der Waals surface area contributed by atoms with Crippen molar-refractivity contribution in [1.82, 2.24) is 49.3 Å². The Hall–Kier alpha value is -8.18. The Bertz CT molecular complexity index is 2850. The van der Waals surface area contributed by atoms with E-state index in [0.29, 0.717) is 50.9 Å². The highest BCUT2D eigenvalue weighted by Gasteiger charge is 2.25. The molecule has 23 nitrogen and oxygen atoms in total. The molecule has 0 saturated carbocycles. The maximum Gasteiger partial charge on any atom is 0.293 e. The Morgan fingerprint density at radius 2 is 0.694 bits per heavy atom. The van der Waals surface area contributed by atoms with Crippen molar-refractivity contribution in [3.8, 4) is 23.0 Å². The van der Waals surface area contributed by atoms with Crippen molar-refractivity contribution in [3.05, 3.63) is 143 Å². The lowest BCUT2D eigenvalue weighted by Gasteiger charge is -2.32. The Morgan fingerprint density at radius 3 is 0.941 bits per heavy atom. The fraction of sp³-hybridized carbons (Fsp3) is 0.516. The lowest BCUT2D eigenvalue weighted by molar-refractivity contribution is 0.0930. The molecule has 5 rings (SSSR count). The van der Waals surface area contributed by atoms with E-state index in [-0.39, 0.29) is 130 Å². The average molecular weight is 1180 g/mol. The van der Waals surface area contributed by atoms with Gasteiger partial charge in [-0.15, -0.1) is 0 Å². The van der Waals surface area contributed by atoms with E-state index in [1.807, 2.05) is 52.0 Å². The topological polar surface area (TPSA) is 274 Å². The van der Waals surface area contributed by atoms with E-state index >= 15 is 0 Å². The van der Waals surface area contributed by atoms with Gasteiger partial charge in [0.25, 0.3) is 45.9 Å². The first-order valence-electron chi connectivity index (χ1n) is 29.6. The summed E-state index contributed by atoms with van der Waals surface area (Å²) in [5.74, 6) is -2.37. The molecule has 23 heteroatoms. The molecule has 0 spiro atoms. The number of carbonyl (C=O) groups excluding carboxylic acids is 4. The lowest BCUT2D eigenvalue weighted by atomic mass is 9.97. The van der Waals surface area contributed by atoms with Gasteiger partial charge in [-0.05, 0) is 80.0 Å². The number of nitrogens with two attached hydrogens (primary N) is 1. The van der Waals surface area contributed by atoms with E-state index in [1.54, 1.807) is 52.5 Å². The molecule has 4 amide bonds. The number of nitrogens with one attached hydrogen (secondary N) is 4. The third kappa shape index (κ3) is 20.5. The first-order chi connectivity index (χ1) is 40.9. The fourth-order valence-corrected chi connectivity index (χ4v) is 9.15. The number of hydrogen-bond donors (Lipinski definition) is 5. The number of anilines is 1. The first-order valence-corrected chi connectivity index (χ1v) is 29.6. The summed E-state index contributed by atoms with van der Waals surface area (Å²) in [6, 6.07) is 13.7. The number of aromatic nitrogens is 4. The minimum atomic E-state index is -0.501. The van der Waals surface area contributed by atoms with Gasteiger partial charge in [0.2, 0.25) is 0 Å². The van der Waals surface area contributed by atoms with E-state index in [1.165, 1.54) is 43.1 Å². The Kier molecular flexibility index (Phi) is 28.0. The minimum Gasteiger partial charge on any atom is -0.487 e. The van der Waals surface area contributed by atoms with Gasteiger partial charge in [-0.3, -0.25) is 48.2 Å². The van der Waals surface area contributed by atoms with Crippen molar-refractivity contribution in [2.24, 2.45) is 34.1 Å². The molecule has 464 valence electrons. The van der Waals surface area contributed by atoms with Crippen molar-refractivity contribution < 1.29 is 38.1 Å². The molecule has 0 saturated heterocycles. The molecule has 5 aromatic rings. The molecular formula is C62H89N11O12. The molecule has 0 bridgehead atoms. The number of amides is 4. The standard InChI is InChI=1S/C62H89N11O12/c1-9-13-37-82-51-47(21-29-68(5)59(51)78)55(74)64-25-33-72(34-26-65-56(75)48-22-30-69(6)60(79)52(48)83-38-14-10-2)42-45(41-44-17-19-46(63)20-18-44)43-73(35-27-66-57(76)49-23-31-70(7)61(80)53(49)84-39-15-11-3)36-28-67-58(77)50-24-32-71(8)62(81)54(50)85-40-16-12-4/h17-24,29-32,45H,9-16,25-28,33-43,63H2,1-8H3,(H,64,74)(H,65,75)(H,66,76)(H,67,77). The second-order valence-electron chi connectivity index (χ2n) is 21.1. The zero-order chi connectivity index (χ0) is 61.8. The predicted molar refractivity (Wildman–Crippen MR) is 329 cm³/mol. The van der Waals surface area contributed by atoms with E-state index in [2.05, 4.69) is 31.1 Å². The Labute approximate surface area is 497 Å². The lowest BCUT2D eigenvalue weighted by Crippen LogP contribution is -2.46. The first kappa shape index (κ1) is 67.6. The van der Waals surface area contributed by atoms with Crippen LogP contribution in [0.4, 0.5) is 5.69 Å². The fourth-order valence-electron chi connectivity index (χ4n) is 9.15. The molecule has 0 radical (unpaired) electrons. The molecule has 0 aliphatic carbocycles. The second kappa shape index (κ2) is 35.2. The van der Waals surface area contributed by atoms with E-state index in [4.69, 9.17) is 24.7 Å². The van der Waals surface area contributed by atoms with Crippen LogP contribution < -0.4 is 68.2 Å². The van der Waals surface area contributed by atoms with Gasteiger partial charge >= 0.3 is 0 Å². The van der Waals surface area contributed by atoms with E-state index in [0.717, 1.165) is 31.2 Å². The van der Waals surface area contributed by atoms with Crippen LogP contribution in [-0.4, -0.2) is 144 Å². The smallest absolute Gasteiger partial charge is 0.293 e. The quantitative estimate of drug-likeness (QED) is 0.0273.